The van der Waals surface area contributed by atoms with Gasteiger partial charge in [-0.2, -0.15) is 0 Å². The van der Waals surface area contributed by atoms with Gasteiger partial charge in [0.25, 0.3) is 10.0 Å². The average Bonchev–Trinajstić information content (AvgIpc) is 2.39. The van der Waals surface area contributed by atoms with Crippen molar-refractivity contribution in [3.63, 3.8) is 0 Å². The summed E-state index contributed by atoms with van der Waals surface area (Å²) in [5.41, 5.74) is -0.272. The Bertz CT molecular complexity index is 820. The summed E-state index contributed by atoms with van der Waals surface area (Å²) in [4.78, 5) is -0.641. The summed E-state index contributed by atoms with van der Waals surface area (Å²) in [6, 6.07) is 12.5. The first-order chi connectivity index (χ1) is 9.31. The fourth-order valence-electron chi connectivity index (χ4n) is 1.57. The van der Waals surface area contributed by atoms with Crippen molar-refractivity contribution >= 4 is 25.8 Å². The van der Waals surface area contributed by atoms with Crippen molar-refractivity contribution in [2.45, 2.75) is 9.79 Å². The topological polar surface area (TPSA) is 103 Å². The molecule has 0 bridgehead atoms. The van der Waals surface area contributed by atoms with Crippen LogP contribution in [0.3, 0.4) is 0 Å². The predicted molar refractivity (Wildman–Crippen MR) is 71.7 cm³/mol. The molecule has 2 aromatic rings. The maximum Gasteiger partial charge on any atom is 1.00 e. The monoisotopic (exact) mass is 335 g/mol. The number of sulfonamides is 1. The van der Waals surface area contributed by atoms with E-state index in [4.69, 9.17) is 0 Å². The minimum absolute atomic E-state index is 0. The number of nitrogens with one attached hydrogen (secondary N) is 1. The van der Waals surface area contributed by atoms with Crippen LogP contribution in [0.5, 0.6) is 0 Å². The molecule has 0 aliphatic rings. The number of para-hydroxylation sites is 1. The Morgan fingerprint density at radius 1 is 0.810 bits per heavy atom. The molecule has 0 heterocycles. The molecule has 0 radical (unpaired) electrons. The molecule has 2 aromatic carbocycles. The summed E-state index contributed by atoms with van der Waals surface area (Å²) in [5, 5.41) is 0. The fourth-order valence-corrected chi connectivity index (χ4v) is 3.37. The van der Waals surface area contributed by atoms with E-state index in [1.807, 2.05) is 0 Å². The number of hydrogen-bond donors (Lipinski definition) is 1. The van der Waals surface area contributed by atoms with Crippen LogP contribution in [0.2, 0.25) is 0 Å². The minimum atomic E-state index is -4.76. The van der Waals surface area contributed by atoms with Crippen LogP contribution in [0.15, 0.2) is 64.4 Å². The molecule has 0 unspecified atom stereocenters. The van der Waals surface area contributed by atoms with Gasteiger partial charge in [0.2, 0.25) is 0 Å². The first kappa shape index (κ1) is 18.1. The minimum Gasteiger partial charge on any atom is -0.744 e. The zero-order chi connectivity index (χ0) is 14.8. The van der Waals surface area contributed by atoms with Crippen LogP contribution in [-0.2, 0) is 20.1 Å². The van der Waals surface area contributed by atoms with Gasteiger partial charge in [-0.1, -0.05) is 30.3 Å². The van der Waals surface area contributed by atoms with Crippen LogP contribution in [0.1, 0.15) is 0 Å². The van der Waals surface area contributed by atoms with Crippen LogP contribution in [0, 0.1) is 0 Å². The van der Waals surface area contributed by atoms with E-state index in [1.165, 1.54) is 42.5 Å². The summed E-state index contributed by atoms with van der Waals surface area (Å²) in [7, 11) is -8.71. The third kappa shape index (κ3) is 4.53. The Balaban J connectivity index is 0.00000220. The zero-order valence-electron chi connectivity index (χ0n) is 11.1. The fraction of sp³-hybridized carbons (Fsp3) is 0. The molecule has 0 spiro atoms. The van der Waals surface area contributed by atoms with Gasteiger partial charge in [-0.25, -0.2) is 16.8 Å². The number of rotatable bonds is 4. The Labute approximate surface area is 145 Å². The summed E-state index contributed by atoms with van der Waals surface area (Å²) in [6.07, 6.45) is 0. The van der Waals surface area contributed by atoms with Crippen molar-refractivity contribution in [2.24, 2.45) is 0 Å². The Morgan fingerprint density at radius 3 is 1.90 bits per heavy atom. The second-order valence-corrected chi connectivity index (χ2v) is 6.90. The molecule has 9 heteroatoms. The van der Waals surface area contributed by atoms with E-state index in [-0.39, 0.29) is 40.1 Å². The molecule has 106 valence electrons. The summed E-state index contributed by atoms with van der Waals surface area (Å²) >= 11 is 0. The van der Waals surface area contributed by atoms with Crippen molar-refractivity contribution < 1.29 is 50.9 Å². The largest absolute Gasteiger partial charge is 1.00 e. The Hall–Kier alpha value is -0.900. The van der Waals surface area contributed by atoms with Gasteiger partial charge in [0.05, 0.1) is 15.5 Å². The third-order valence-electron chi connectivity index (χ3n) is 2.45. The van der Waals surface area contributed by atoms with E-state index < -0.39 is 25.0 Å². The van der Waals surface area contributed by atoms with Crippen molar-refractivity contribution in [1.29, 1.82) is 0 Å². The average molecular weight is 335 g/mol. The van der Waals surface area contributed by atoms with Crippen molar-refractivity contribution in [2.75, 3.05) is 4.72 Å². The van der Waals surface area contributed by atoms with Crippen LogP contribution in [-0.4, -0.2) is 21.4 Å². The molecule has 0 atom stereocenters. The van der Waals surface area contributed by atoms with E-state index in [0.29, 0.717) is 0 Å². The van der Waals surface area contributed by atoms with Crippen LogP contribution in [0.4, 0.5) is 5.69 Å². The number of anilines is 1. The number of hydrogen-bond acceptors (Lipinski definition) is 5. The van der Waals surface area contributed by atoms with Crippen LogP contribution >= 0.6 is 0 Å². The summed E-state index contributed by atoms with van der Waals surface area (Å²) in [5.74, 6) is 0. The van der Waals surface area contributed by atoms with E-state index in [0.717, 1.165) is 6.07 Å². The van der Waals surface area contributed by atoms with Gasteiger partial charge in [-0.15, -0.1) is 0 Å². The number of benzene rings is 2. The van der Waals surface area contributed by atoms with Crippen molar-refractivity contribution in [3.8, 4) is 0 Å². The molecule has 0 aromatic heterocycles. The molecule has 6 nitrogen and oxygen atoms in total. The predicted octanol–water partition coefficient (Wildman–Crippen LogP) is -1.60. The molecule has 0 saturated carbocycles. The van der Waals surface area contributed by atoms with E-state index in [9.17, 15) is 21.4 Å². The van der Waals surface area contributed by atoms with E-state index in [2.05, 4.69) is 4.72 Å². The standard InChI is InChI=1S/C12H11NO5S2.Na/c14-19(15,10-6-2-1-3-7-10)13-11-8-4-5-9-12(11)20(16,17)18;/h1-9,13H,(H,16,17,18);/q;+1/p-1. The maximum atomic E-state index is 12.1. The van der Waals surface area contributed by atoms with Gasteiger partial charge in [0.1, 0.15) is 10.1 Å². The molecule has 0 aliphatic heterocycles. The van der Waals surface area contributed by atoms with Gasteiger partial charge in [-0.3, -0.25) is 4.72 Å². The second-order valence-electron chi connectivity index (χ2n) is 3.87. The summed E-state index contributed by atoms with van der Waals surface area (Å²) in [6.45, 7) is 0. The van der Waals surface area contributed by atoms with E-state index >= 15 is 0 Å². The molecule has 0 amide bonds. The molecular formula is C12H10NNaO5S2. The molecule has 0 fully saturated rings. The SMILES string of the molecule is O=S(=O)([O-])c1ccccc1NS(=O)(=O)c1ccccc1.[Na+]. The van der Waals surface area contributed by atoms with Crippen molar-refractivity contribution in [1.82, 2.24) is 0 Å². The molecule has 21 heavy (non-hydrogen) atoms. The Morgan fingerprint density at radius 2 is 1.33 bits per heavy atom. The third-order valence-corrected chi connectivity index (χ3v) is 4.73. The zero-order valence-corrected chi connectivity index (χ0v) is 14.7. The Kier molecular flexibility index (Phi) is 5.97. The second kappa shape index (κ2) is 6.91. The first-order valence-corrected chi connectivity index (χ1v) is 8.33. The van der Waals surface area contributed by atoms with Crippen LogP contribution < -0.4 is 34.3 Å². The summed E-state index contributed by atoms with van der Waals surface area (Å²) < 4.78 is 59.5. The molecule has 1 N–H and O–H groups in total. The first-order valence-electron chi connectivity index (χ1n) is 5.43. The molecular weight excluding hydrogens is 325 g/mol. The molecule has 2 rings (SSSR count). The maximum absolute atomic E-state index is 12.1. The smallest absolute Gasteiger partial charge is 0.744 e. The van der Waals surface area contributed by atoms with E-state index in [1.54, 1.807) is 6.07 Å². The van der Waals surface area contributed by atoms with Gasteiger partial charge in [0, 0.05) is 0 Å². The molecule has 0 aliphatic carbocycles. The van der Waals surface area contributed by atoms with Crippen molar-refractivity contribution in [3.05, 3.63) is 54.6 Å². The van der Waals surface area contributed by atoms with Gasteiger partial charge < -0.3 is 4.55 Å². The van der Waals surface area contributed by atoms with Crippen LogP contribution in [0.25, 0.3) is 0 Å². The quantitative estimate of drug-likeness (QED) is 0.535. The van der Waals surface area contributed by atoms with Gasteiger partial charge >= 0.3 is 29.6 Å². The molecule has 0 saturated heterocycles. The van der Waals surface area contributed by atoms with Gasteiger partial charge in [0.15, 0.2) is 0 Å². The normalized spacial score (nSPS) is 11.5. The van der Waals surface area contributed by atoms with Gasteiger partial charge in [-0.05, 0) is 24.3 Å².